The van der Waals surface area contributed by atoms with Crippen molar-refractivity contribution < 1.29 is 4.74 Å². The number of hydrogen-bond acceptors (Lipinski definition) is 6. The monoisotopic (exact) mass is 274 g/mol. The van der Waals surface area contributed by atoms with Crippen LogP contribution in [-0.2, 0) is 0 Å². The van der Waals surface area contributed by atoms with Gasteiger partial charge in [0.15, 0.2) is 5.82 Å². The largest absolute Gasteiger partial charge is 0.494 e. The molecule has 3 rings (SSSR count). The maximum absolute atomic E-state index is 5.99. The van der Waals surface area contributed by atoms with E-state index in [-0.39, 0.29) is 6.04 Å². The number of rotatable bonds is 3. The van der Waals surface area contributed by atoms with Gasteiger partial charge in [0, 0.05) is 25.3 Å². The molecule has 1 saturated heterocycles. The lowest BCUT2D eigenvalue weighted by Gasteiger charge is -2.29. The van der Waals surface area contributed by atoms with E-state index in [1.54, 1.807) is 19.5 Å². The first kappa shape index (κ1) is 12.9. The molecular weight excluding hydrogens is 256 g/mol. The Morgan fingerprint density at radius 2 is 2.40 bits per heavy atom. The molecule has 0 aromatic carbocycles. The van der Waals surface area contributed by atoms with E-state index in [1.165, 1.54) is 0 Å². The van der Waals surface area contributed by atoms with E-state index in [9.17, 15) is 0 Å². The van der Waals surface area contributed by atoms with Gasteiger partial charge >= 0.3 is 0 Å². The zero-order valence-electron chi connectivity index (χ0n) is 11.4. The number of aromatic nitrogens is 4. The van der Waals surface area contributed by atoms with Gasteiger partial charge in [-0.3, -0.25) is 10.1 Å². The van der Waals surface area contributed by atoms with Crippen molar-refractivity contribution >= 4 is 5.95 Å². The quantitative estimate of drug-likeness (QED) is 0.860. The zero-order valence-corrected chi connectivity index (χ0v) is 11.4. The second-order valence-electron chi connectivity index (χ2n) is 4.91. The van der Waals surface area contributed by atoms with Crippen molar-refractivity contribution in [2.45, 2.75) is 18.9 Å². The molecule has 1 unspecified atom stereocenters. The van der Waals surface area contributed by atoms with Crippen LogP contribution in [0.25, 0.3) is 11.4 Å². The summed E-state index contributed by atoms with van der Waals surface area (Å²) >= 11 is 0. The van der Waals surface area contributed by atoms with E-state index in [4.69, 9.17) is 10.5 Å². The fraction of sp³-hybridized carbons (Fsp3) is 0.462. The molecule has 7 heteroatoms. The Kier molecular flexibility index (Phi) is 3.51. The third-order valence-electron chi connectivity index (χ3n) is 3.47. The highest BCUT2D eigenvalue weighted by molar-refractivity contribution is 5.63. The number of nitrogens with two attached hydrogens (primary N) is 1. The van der Waals surface area contributed by atoms with Crippen LogP contribution < -0.4 is 15.4 Å². The first-order valence-electron chi connectivity index (χ1n) is 6.69. The molecule has 3 N–H and O–H groups in total. The molecule has 3 heterocycles. The van der Waals surface area contributed by atoms with E-state index < -0.39 is 0 Å². The molecule has 0 bridgehead atoms. The second kappa shape index (κ2) is 5.46. The minimum atomic E-state index is 0.196. The Balaban J connectivity index is 1.86. The van der Waals surface area contributed by atoms with Crippen LogP contribution in [0.5, 0.6) is 5.75 Å². The number of H-pyrrole nitrogens is 1. The van der Waals surface area contributed by atoms with Crippen molar-refractivity contribution in [1.29, 1.82) is 0 Å². The Hall–Kier alpha value is -2.15. The molecule has 0 saturated carbocycles. The molecule has 0 amide bonds. The molecule has 2 aromatic rings. The number of anilines is 1. The van der Waals surface area contributed by atoms with Gasteiger partial charge in [0.2, 0.25) is 5.95 Å². The second-order valence-corrected chi connectivity index (χ2v) is 4.91. The van der Waals surface area contributed by atoms with E-state index >= 15 is 0 Å². The van der Waals surface area contributed by atoms with E-state index in [1.807, 2.05) is 6.07 Å². The van der Waals surface area contributed by atoms with Gasteiger partial charge < -0.3 is 15.4 Å². The van der Waals surface area contributed by atoms with Crippen molar-refractivity contribution in [3.05, 3.63) is 18.5 Å². The van der Waals surface area contributed by atoms with Gasteiger partial charge in [-0.25, -0.2) is 0 Å². The Morgan fingerprint density at radius 3 is 3.20 bits per heavy atom. The topological polar surface area (TPSA) is 93.0 Å². The SMILES string of the molecule is COc1cnccc1-c1nc(N2CCCC(N)C2)n[nH]1. The summed E-state index contributed by atoms with van der Waals surface area (Å²) in [7, 11) is 1.61. The number of nitrogens with one attached hydrogen (secondary N) is 1. The van der Waals surface area contributed by atoms with Gasteiger partial charge in [-0.15, -0.1) is 5.10 Å². The molecule has 7 nitrogen and oxygen atoms in total. The van der Waals surface area contributed by atoms with Gasteiger partial charge in [0.1, 0.15) is 5.75 Å². The Labute approximate surface area is 117 Å². The molecule has 106 valence electrons. The zero-order chi connectivity index (χ0) is 13.9. The normalized spacial score (nSPS) is 19.1. The molecule has 2 aromatic heterocycles. The predicted octanol–water partition coefficient (Wildman–Crippen LogP) is 0.803. The highest BCUT2D eigenvalue weighted by Gasteiger charge is 2.21. The lowest BCUT2D eigenvalue weighted by atomic mass is 10.1. The average Bonchev–Trinajstić information content (AvgIpc) is 2.97. The maximum Gasteiger partial charge on any atom is 0.245 e. The smallest absolute Gasteiger partial charge is 0.245 e. The fourth-order valence-electron chi connectivity index (χ4n) is 2.44. The summed E-state index contributed by atoms with van der Waals surface area (Å²) in [5, 5.41) is 7.24. The fourth-order valence-corrected chi connectivity index (χ4v) is 2.44. The molecular formula is C13H18N6O. The summed E-state index contributed by atoms with van der Waals surface area (Å²) in [5.41, 5.74) is 6.84. The van der Waals surface area contributed by atoms with Gasteiger partial charge in [-0.2, -0.15) is 4.98 Å². The third-order valence-corrected chi connectivity index (χ3v) is 3.47. The van der Waals surface area contributed by atoms with E-state index in [2.05, 4.69) is 25.1 Å². The van der Waals surface area contributed by atoms with Crippen molar-refractivity contribution in [3.63, 3.8) is 0 Å². The highest BCUT2D eigenvalue weighted by Crippen LogP contribution is 2.27. The van der Waals surface area contributed by atoms with Crippen molar-refractivity contribution in [1.82, 2.24) is 20.2 Å². The summed E-state index contributed by atoms with van der Waals surface area (Å²) < 4.78 is 5.29. The molecule has 0 aliphatic carbocycles. The molecule has 0 spiro atoms. The van der Waals surface area contributed by atoms with Crippen molar-refractivity contribution in [2.24, 2.45) is 5.73 Å². The number of nitrogens with zero attached hydrogens (tertiary/aromatic N) is 4. The molecule has 1 fully saturated rings. The molecule has 20 heavy (non-hydrogen) atoms. The van der Waals surface area contributed by atoms with Crippen molar-refractivity contribution in [3.8, 4) is 17.1 Å². The van der Waals surface area contributed by atoms with Crippen LogP contribution in [0.1, 0.15) is 12.8 Å². The van der Waals surface area contributed by atoms with Crippen LogP contribution in [0.2, 0.25) is 0 Å². The summed E-state index contributed by atoms with van der Waals surface area (Å²) in [6.45, 7) is 1.74. The van der Waals surface area contributed by atoms with Crippen LogP contribution in [0.4, 0.5) is 5.95 Å². The summed E-state index contributed by atoms with van der Waals surface area (Å²) in [6.07, 6.45) is 5.50. The van der Waals surface area contributed by atoms with Crippen LogP contribution in [0, 0.1) is 0 Å². The summed E-state index contributed by atoms with van der Waals surface area (Å²) in [6, 6.07) is 2.05. The van der Waals surface area contributed by atoms with Gasteiger partial charge in [-0.05, 0) is 18.9 Å². The van der Waals surface area contributed by atoms with Gasteiger partial charge in [0.05, 0.1) is 18.9 Å². The molecule has 1 aliphatic rings. The van der Waals surface area contributed by atoms with Crippen LogP contribution in [-0.4, -0.2) is 46.4 Å². The minimum absolute atomic E-state index is 0.196. The third kappa shape index (κ3) is 2.44. The first-order chi connectivity index (χ1) is 9.78. The van der Waals surface area contributed by atoms with Gasteiger partial charge in [0.25, 0.3) is 0 Å². The summed E-state index contributed by atoms with van der Waals surface area (Å²) in [5.74, 6) is 2.04. The number of methoxy groups -OCH3 is 1. The number of hydrogen-bond donors (Lipinski definition) is 2. The highest BCUT2D eigenvalue weighted by atomic mass is 16.5. The first-order valence-corrected chi connectivity index (χ1v) is 6.69. The number of piperidine rings is 1. The average molecular weight is 274 g/mol. The van der Waals surface area contributed by atoms with E-state index in [0.717, 1.165) is 31.5 Å². The van der Waals surface area contributed by atoms with Crippen LogP contribution in [0.15, 0.2) is 18.5 Å². The Bertz CT molecular complexity index is 584. The van der Waals surface area contributed by atoms with Gasteiger partial charge in [-0.1, -0.05) is 0 Å². The molecule has 0 radical (unpaired) electrons. The summed E-state index contributed by atoms with van der Waals surface area (Å²) in [4.78, 5) is 10.7. The minimum Gasteiger partial charge on any atom is -0.494 e. The number of ether oxygens (including phenoxy) is 1. The van der Waals surface area contributed by atoms with Crippen molar-refractivity contribution in [2.75, 3.05) is 25.1 Å². The predicted molar refractivity (Wildman–Crippen MR) is 75.6 cm³/mol. The number of aromatic amines is 1. The van der Waals surface area contributed by atoms with E-state index in [0.29, 0.717) is 17.5 Å². The van der Waals surface area contributed by atoms with Crippen LogP contribution >= 0.6 is 0 Å². The number of pyridine rings is 1. The molecule has 1 atom stereocenters. The standard InChI is InChI=1S/C13H18N6O/c1-20-11-7-15-5-4-10(11)12-16-13(18-17-12)19-6-2-3-9(14)8-19/h4-5,7,9H,2-3,6,8,14H2,1H3,(H,16,17,18). The Morgan fingerprint density at radius 1 is 1.50 bits per heavy atom. The lowest BCUT2D eigenvalue weighted by molar-refractivity contribution is 0.414. The lowest BCUT2D eigenvalue weighted by Crippen LogP contribution is -2.43. The van der Waals surface area contributed by atoms with Crippen LogP contribution in [0.3, 0.4) is 0 Å². The maximum atomic E-state index is 5.99. The molecule has 1 aliphatic heterocycles.